The number of aromatic nitrogens is 2. The molecule has 20 heavy (non-hydrogen) atoms. The van der Waals surface area contributed by atoms with Crippen molar-refractivity contribution in [3.63, 3.8) is 0 Å². The van der Waals surface area contributed by atoms with Gasteiger partial charge >= 0.3 is 5.97 Å². The van der Waals surface area contributed by atoms with Crippen LogP contribution in [0.15, 0.2) is 12.4 Å². The molecule has 1 aliphatic rings. The highest BCUT2D eigenvalue weighted by Gasteiger charge is 2.32. The van der Waals surface area contributed by atoms with E-state index in [0.717, 1.165) is 25.1 Å². The van der Waals surface area contributed by atoms with Crippen LogP contribution in [0.3, 0.4) is 0 Å². The predicted octanol–water partition coefficient (Wildman–Crippen LogP) is 1.80. The van der Waals surface area contributed by atoms with Crippen molar-refractivity contribution in [1.82, 2.24) is 9.97 Å². The maximum absolute atomic E-state index is 11.7. The molecule has 0 saturated heterocycles. The molecule has 0 N–H and O–H groups in total. The van der Waals surface area contributed by atoms with Crippen molar-refractivity contribution < 1.29 is 14.3 Å². The second-order valence-corrected chi connectivity index (χ2v) is 4.73. The Balaban J connectivity index is 2.06. The molecule has 0 atom stereocenters. The molecule has 0 aromatic carbocycles. The van der Waals surface area contributed by atoms with Crippen LogP contribution in [0.1, 0.15) is 33.1 Å². The third-order valence-electron chi connectivity index (χ3n) is 2.97. The third-order valence-corrected chi connectivity index (χ3v) is 2.97. The molecule has 1 heterocycles. The molecule has 1 aromatic heterocycles. The van der Waals surface area contributed by atoms with Crippen LogP contribution in [0.25, 0.3) is 0 Å². The molecule has 0 bridgehead atoms. The maximum Gasteiger partial charge on any atom is 0.325 e. The summed E-state index contributed by atoms with van der Waals surface area (Å²) >= 11 is 0. The number of esters is 1. The van der Waals surface area contributed by atoms with Crippen LogP contribution < -0.4 is 9.64 Å². The van der Waals surface area contributed by atoms with Gasteiger partial charge in [0, 0.05) is 12.1 Å². The van der Waals surface area contributed by atoms with Crippen LogP contribution in [-0.2, 0) is 9.53 Å². The van der Waals surface area contributed by atoms with Crippen molar-refractivity contribution in [3.8, 4) is 5.88 Å². The Morgan fingerprint density at radius 1 is 1.40 bits per heavy atom. The number of rotatable bonds is 8. The van der Waals surface area contributed by atoms with E-state index in [2.05, 4.69) is 9.97 Å². The van der Waals surface area contributed by atoms with Crippen molar-refractivity contribution in [3.05, 3.63) is 12.4 Å². The van der Waals surface area contributed by atoms with Gasteiger partial charge in [-0.15, -0.1) is 0 Å². The number of hydrogen-bond acceptors (Lipinski definition) is 6. The second-order valence-electron chi connectivity index (χ2n) is 4.73. The molecule has 110 valence electrons. The van der Waals surface area contributed by atoms with Gasteiger partial charge < -0.3 is 14.4 Å². The van der Waals surface area contributed by atoms with E-state index in [0.29, 0.717) is 25.1 Å². The molecule has 0 radical (unpaired) electrons. The summed E-state index contributed by atoms with van der Waals surface area (Å²) in [5.41, 5.74) is 0. The lowest BCUT2D eigenvalue weighted by molar-refractivity contribution is -0.141. The van der Waals surface area contributed by atoms with Crippen LogP contribution in [0.5, 0.6) is 5.88 Å². The number of nitrogens with zero attached hydrogens (tertiary/aromatic N) is 3. The maximum atomic E-state index is 11.7. The van der Waals surface area contributed by atoms with E-state index in [-0.39, 0.29) is 12.5 Å². The van der Waals surface area contributed by atoms with Crippen LogP contribution in [0.2, 0.25) is 0 Å². The van der Waals surface area contributed by atoms with Gasteiger partial charge in [-0.05, 0) is 26.2 Å². The van der Waals surface area contributed by atoms with Gasteiger partial charge in [0.1, 0.15) is 18.7 Å². The van der Waals surface area contributed by atoms with Gasteiger partial charge in [-0.3, -0.25) is 4.79 Å². The molecule has 1 fully saturated rings. The van der Waals surface area contributed by atoms with E-state index in [4.69, 9.17) is 9.47 Å². The van der Waals surface area contributed by atoms with E-state index in [1.807, 2.05) is 11.8 Å². The standard InChI is InChI=1S/C14H21N3O3/c1-3-7-20-13-8-12(15-10-16-13)17(11-5-6-11)9-14(18)19-4-2/h8,10-11H,3-7,9H2,1-2H3. The summed E-state index contributed by atoms with van der Waals surface area (Å²) in [6.45, 7) is 5.09. The fraction of sp³-hybridized carbons (Fsp3) is 0.643. The summed E-state index contributed by atoms with van der Waals surface area (Å²) in [6.07, 6.45) is 4.55. The average molecular weight is 279 g/mol. The highest BCUT2D eigenvalue weighted by Crippen LogP contribution is 2.31. The Hall–Kier alpha value is -1.85. The lowest BCUT2D eigenvalue weighted by atomic mass is 10.4. The SMILES string of the molecule is CCCOc1cc(N(CC(=O)OCC)C2CC2)ncn1. The zero-order valence-corrected chi connectivity index (χ0v) is 12.0. The molecule has 6 heteroatoms. The van der Waals surface area contributed by atoms with Gasteiger partial charge in [-0.25, -0.2) is 9.97 Å². The smallest absolute Gasteiger partial charge is 0.325 e. The van der Waals surface area contributed by atoms with Crippen LogP contribution in [0.4, 0.5) is 5.82 Å². The van der Waals surface area contributed by atoms with E-state index in [9.17, 15) is 4.79 Å². The first-order valence-corrected chi connectivity index (χ1v) is 7.11. The quantitative estimate of drug-likeness (QED) is 0.676. The fourth-order valence-corrected chi connectivity index (χ4v) is 1.90. The normalized spacial score (nSPS) is 13.9. The largest absolute Gasteiger partial charge is 0.478 e. The Kier molecular flexibility index (Phi) is 5.15. The average Bonchev–Trinajstić information content (AvgIpc) is 3.28. The lowest BCUT2D eigenvalue weighted by Crippen LogP contribution is -2.33. The summed E-state index contributed by atoms with van der Waals surface area (Å²) < 4.78 is 10.5. The minimum Gasteiger partial charge on any atom is -0.478 e. The summed E-state index contributed by atoms with van der Waals surface area (Å²) in [4.78, 5) is 22.0. The van der Waals surface area contributed by atoms with Gasteiger partial charge in [0.05, 0.1) is 13.2 Å². The minimum absolute atomic E-state index is 0.225. The van der Waals surface area contributed by atoms with Gasteiger partial charge in [0.2, 0.25) is 5.88 Å². The van der Waals surface area contributed by atoms with Gasteiger partial charge in [-0.1, -0.05) is 6.92 Å². The van der Waals surface area contributed by atoms with Crippen molar-refractivity contribution in [2.45, 2.75) is 39.2 Å². The van der Waals surface area contributed by atoms with E-state index >= 15 is 0 Å². The Labute approximate surface area is 119 Å². The molecule has 1 aliphatic carbocycles. The predicted molar refractivity (Wildman–Crippen MR) is 74.8 cm³/mol. The molecule has 2 rings (SSSR count). The molecule has 0 aliphatic heterocycles. The van der Waals surface area contributed by atoms with Crippen LogP contribution >= 0.6 is 0 Å². The topological polar surface area (TPSA) is 64.5 Å². The monoisotopic (exact) mass is 279 g/mol. The Bertz CT molecular complexity index is 449. The third kappa shape index (κ3) is 4.08. The molecule has 0 amide bonds. The first-order chi connectivity index (χ1) is 9.74. The molecule has 1 saturated carbocycles. The van der Waals surface area contributed by atoms with Crippen molar-refractivity contribution >= 4 is 11.8 Å². The summed E-state index contributed by atoms with van der Waals surface area (Å²) in [7, 11) is 0. The summed E-state index contributed by atoms with van der Waals surface area (Å²) in [5, 5.41) is 0. The zero-order valence-electron chi connectivity index (χ0n) is 12.0. The van der Waals surface area contributed by atoms with Crippen molar-refractivity contribution in [1.29, 1.82) is 0 Å². The van der Waals surface area contributed by atoms with E-state index in [1.54, 1.807) is 13.0 Å². The van der Waals surface area contributed by atoms with Gasteiger partial charge in [0.25, 0.3) is 0 Å². The number of ether oxygens (including phenoxy) is 2. The minimum atomic E-state index is -0.228. The molecular formula is C14H21N3O3. The Morgan fingerprint density at radius 2 is 2.20 bits per heavy atom. The van der Waals surface area contributed by atoms with Gasteiger partial charge in [-0.2, -0.15) is 0 Å². The highest BCUT2D eigenvalue weighted by molar-refractivity contribution is 5.75. The molecule has 1 aromatic rings. The summed E-state index contributed by atoms with van der Waals surface area (Å²) in [5.74, 6) is 1.04. The number of anilines is 1. The zero-order chi connectivity index (χ0) is 14.4. The number of carbonyl (C=O) groups is 1. The molecule has 0 unspecified atom stereocenters. The fourth-order valence-electron chi connectivity index (χ4n) is 1.90. The molecular weight excluding hydrogens is 258 g/mol. The van der Waals surface area contributed by atoms with Crippen LogP contribution in [-0.4, -0.2) is 41.7 Å². The Morgan fingerprint density at radius 3 is 2.85 bits per heavy atom. The van der Waals surface area contributed by atoms with Crippen molar-refractivity contribution in [2.24, 2.45) is 0 Å². The number of hydrogen-bond donors (Lipinski definition) is 0. The summed E-state index contributed by atoms with van der Waals surface area (Å²) in [6, 6.07) is 2.15. The second kappa shape index (κ2) is 7.07. The molecule has 0 spiro atoms. The van der Waals surface area contributed by atoms with E-state index in [1.165, 1.54) is 6.33 Å². The van der Waals surface area contributed by atoms with E-state index < -0.39 is 0 Å². The number of carbonyl (C=O) groups excluding carboxylic acids is 1. The first kappa shape index (κ1) is 14.6. The van der Waals surface area contributed by atoms with Gasteiger partial charge in [0.15, 0.2) is 0 Å². The first-order valence-electron chi connectivity index (χ1n) is 7.11. The van der Waals surface area contributed by atoms with Crippen molar-refractivity contribution in [2.75, 3.05) is 24.7 Å². The van der Waals surface area contributed by atoms with Crippen LogP contribution in [0, 0.1) is 0 Å². The highest BCUT2D eigenvalue weighted by atomic mass is 16.5. The molecule has 6 nitrogen and oxygen atoms in total. The lowest BCUT2D eigenvalue weighted by Gasteiger charge is -2.22.